The van der Waals surface area contributed by atoms with Gasteiger partial charge in [0.25, 0.3) is 0 Å². The van der Waals surface area contributed by atoms with Gasteiger partial charge in [-0.05, 0) is 63.4 Å². The van der Waals surface area contributed by atoms with Crippen molar-refractivity contribution in [1.82, 2.24) is 15.2 Å². The summed E-state index contributed by atoms with van der Waals surface area (Å²) in [5, 5.41) is 3.76. The van der Waals surface area contributed by atoms with Gasteiger partial charge in [0.05, 0.1) is 0 Å². The Morgan fingerprint density at radius 3 is 2.79 bits per heavy atom. The highest BCUT2D eigenvalue weighted by Crippen LogP contribution is 2.21. The van der Waals surface area contributed by atoms with Gasteiger partial charge in [0, 0.05) is 31.0 Å². The van der Waals surface area contributed by atoms with E-state index in [0.717, 1.165) is 5.92 Å². The molecule has 1 fully saturated rings. The molecule has 106 valence electrons. The van der Waals surface area contributed by atoms with Gasteiger partial charge >= 0.3 is 0 Å². The van der Waals surface area contributed by atoms with E-state index in [2.05, 4.69) is 48.1 Å². The smallest absolute Gasteiger partial charge is 0.0295 e. The lowest BCUT2D eigenvalue weighted by Gasteiger charge is -2.36. The maximum absolute atomic E-state index is 4.08. The molecular formula is C16H27N3. The average Bonchev–Trinajstić information content (AvgIpc) is 2.48. The lowest BCUT2D eigenvalue weighted by molar-refractivity contribution is 0.153. The molecule has 3 nitrogen and oxygen atoms in total. The van der Waals surface area contributed by atoms with E-state index < -0.39 is 0 Å². The summed E-state index contributed by atoms with van der Waals surface area (Å²) in [6.45, 7) is 10.5. The van der Waals surface area contributed by atoms with Crippen LogP contribution in [0.4, 0.5) is 0 Å². The third-order valence-corrected chi connectivity index (χ3v) is 4.42. The average molecular weight is 261 g/mol. The summed E-state index contributed by atoms with van der Waals surface area (Å²) < 4.78 is 0. The van der Waals surface area contributed by atoms with Gasteiger partial charge in [-0.3, -0.25) is 4.98 Å². The summed E-state index contributed by atoms with van der Waals surface area (Å²) in [5.74, 6) is 0.776. The molecule has 1 aromatic rings. The molecule has 0 spiro atoms. The van der Waals surface area contributed by atoms with Crippen LogP contribution >= 0.6 is 0 Å². The minimum absolute atomic E-state index is 0.398. The van der Waals surface area contributed by atoms with E-state index in [1.807, 2.05) is 12.4 Å². The molecule has 1 aromatic heterocycles. The standard InChI is InChI=1S/C16H27N3/c1-4-19-11-5-6-16(12-19)14(3)18-13(2)15-7-9-17-10-8-15/h7-10,13-14,16,18H,4-6,11-12H2,1-3H3. The monoisotopic (exact) mass is 261 g/mol. The topological polar surface area (TPSA) is 28.2 Å². The van der Waals surface area contributed by atoms with Crippen LogP contribution in [0.15, 0.2) is 24.5 Å². The maximum atomic E-state index is 4.08. The van der Waals surface area contributed by atoms with Crippen molar-refractivity contribution < 1.29 is 0 Å². The van der Waals surface area contributed by atoms with Gasteiger partial charge in [-0.1, -0.05) is 6.92 Å². The predicted molar refractivity (Wildman–Crippen MR) is 80.1 cm³/mol. The highest BCUT2D eigenvalue weighted by molar-refractivity contribution is 5.14. The number of nitrogens with zero attached hydrogens (tertiary/aromatic N) is 2. The summed E-state index contributed by atoms with van der Waals surface area (Å²) in [6.07, 6.45) is 6.44. The molecule has 3 unspecified atom stereocenters. The van der Waals surface area contributed by atoms with Gasteiger partial charge in [0.15, 0.2) is 0 Å². The van der Waals surface area contributed by atoms with Gasteiger partial charge in [-0.15, -0.1) is 0 Å². The predicted octanol–water partition coefficient (Wildman–Crippen LogP) is 2.85. The van der Waals surface area contributed by atoms with Gasteiger partial charge in [-0.25, -0.2) is 0 Å². The number of nitrogens with one attached hydrogen (secondary N) is 1. The molecule has 1 N–H and O–H groups in total. The minimum Gasteiger partial charge on any atom is -0.307 e. The van der Waals surface area contributed by atoms with Crippen molar-refractivity contribution in [2.24, 2.45) is 5.92 Å². The summed E-state index contributed by atoms with van der Waals surface area (Å²) in [4.78, 5) is 6.66. The van der Waals surface area contributed by atoms with Crippen LogP contribution in [0.25, 0.3) is 0 Å². The SMILES string of the molecule is CCN1CCCC(C(C)NC(C)c2ccncc2)C1. The number of rotatable bonds is 5. The summed E-state index contributed by atoms with van der Waals surface area (Å²) in [5.41, 5.74) is 1.32. The largest absolute Gasteiger partial charge is 0.307 e. The fourth-order valence-corrected chi connectivity index (χ4v) is 3.07. The zero-order valence-corrected chi connectivity index (χ0v) is 12.5. The second kappa shape index (κ2) is 7.01. The second-order valence-corrected chi connectivity index (χ2v) is 5.75. The minimum atomic E-state index is 0.398. The number of piperidine rings is 1. The van der Waals surface area contributed by atoms with E-state index in [1.165, 1.54) is 38.0 Å². The van der Waals surface area contributed by atoms with Crippen molar-refractivity contribution in [3.05, 3.63) is 30.1 Å². The molecular weight excluding hydrogens is 234 g/mol. The number of hydrogen-bond acceptors (Lipinski definition) is 3. The number of pyridine rings is 1. The lowest BCUT2D eigenvalue weighted by atomic mass is 9.91. The van der Waals surface area contributed by atoms with Crippen molar-refractivity contribution in [2.75, 3.05) is 19.6 Å². The van der Waals surface area contributed by atoms with Crippen molar-refractivity contribution in [3.63, 3.8) is 0 Å². The van der Waals surface area contributed by atoms with Crippen LogP contribution in [0.1, 0.15) is 45.2 Å². The maximum Gasteiger partial charge on any atom is 0.0295 e. The molecule has 2 heterocycles. The molecule has 3 heteroatoms. The Hall–Kier alpha value is -0.930. The quantitative estimate of drug-likeness (QED) is 0.883. The first-order valence-electron chi connectivity index (χ1n) is 7.59. The second-order valence-electron chi connectivity index (χ2n) is 5.75. The fraction of sp³-hybridized carbons (Fsp3) is 0.688. The molecule has 0 radical (unpaired) electrons. The summed E-state index contributed by atoms with van der Waals surface area (Å²) in [7, 11) is 0. The van der Waals surface area contributed by atoms with Crippen molar-refractivity contribution in [2.45, 2.75) is 45.7 Å². The first kappa shape index (κ1) is 14.5. The Bertz CT molecular complexity index is 366. The van der Waals surface area contributed by atoms with Crippen molar-refractivity contribution in [3.8, 4) is 0 Å². The third kappa shape index (κ3) is 4.02. The molecule has 0 bridgehead atoms. The van der Waals surface area contributed by atoms with Crippen LogP contribution in [0.2, 0.25) is 0 Å². The van der Waals surface area contributed by atoms with E-state index in [0.29, 0.717) is 12.1 Å². The number of hydrogen-bond donors (Lipinski definition) is 1. The number of likely N-dealkylation sites (tertiary alicyclic amines) is 1. The van der Waals surface area contributed by atoms with E-state index in [1.54, 1.807) is 0 Å². The summed E-state index contributed by atoms with van der Waals surface area (Å²) in [6, 6.07) is 5.17. The number of aromatic nitrogens is 1. The van der Waals surface area contributed by atoms with Crippen molar-refractivity contribution >= 4 is 0 Å². The molecule has 2 rings (SSSR count). The normalized spacial score (nSPS) is 24.1. The molecule has 0 saturated carbocycles. The van der Waals surface area contributed by atoms with Gasteiger partial charge in [-0.2, -0.15) is 0 Å². The van der Waals surface area contributed by atoms with Crippen molar-refractivity contribution in [1.29, 1.82) is 0 Å². The molecule has 0 aromatic carbocycles. The molecule has 3 atom stereocenters. The molecule has 0 aliphatic carbocycles. The fourth-order valence-electron chi connectivity index (χ4n) is 3.07. The Morgan fingerprint density at radius 1 is 1.37 bits per heavy atom. The van der Waals surface area contributed by atoms with Crippen LogP contribution in [-0.2, 0) is 0 Å². The van der Waals surface area contributed by atoms with Crippen LogP contribution < -0.4 is 5.32 Å². The van der Waals surface area contributed by atoms with E-state index in [-0.39, 0.29) is 0 Å². The Kier molecular flexibility index (Phi) is 5.34. The Balaban J connectivity index is 1.88. The first-order chi connectivity index (χ1) is 9.20. The van der Waals surface area contributed by atoms with Crippen LogP contribution in [0.5, 0.6) is 0 Å². The zero-order valence-electron chi connectivity index (χ0n) is 12.5. The summed E-state index contributed by atoms with van der Waals surface area (Å²) >= 11 is 0. The first-order valence-corrected chi connectivity index (χ1v) is 7.59. The lowest BCUT2D eigenvalue weighted by Crippen LogP contribution is -2.44. The highest BCUT2D eigenvalue weighted by Gasteiger charge is 2.24. The molecule has 1 saturated heterocycles. The van der Waals surface area contributed by atoms with Gasteiger partial charge in [0.1, 0.15) is 0 Å². The molecule has 0 amide bonds. The van der Waals surface area contributed by atoms with E-state index >= 15 is 0 Å². The molecule has 1 aliphatic heterocycles. The van der Waals surface area contributed by atoms with Crippen LogP contribution in [0.3, 0.4) is 0 Å². The van der Waals surface area contributed by atoms with E-state index in [4.69, 9.17) is 0 Å². The van der Waals surface area contributed by atoms with E-state index in [9.17, 15) is 0 Å². The highest BCUT2D eigenvalue weighted by atomic mass is 15.1. The van der Waals surface area contributed by atoms with Crippen LogP contribution in [0, 0.1) is 5.92 Å². The van der Waals surface area contributed by atoms with Gasteiger partial charge < -0.3 is 10.2 Å². The van der Waals surface area contributed by atoms with Crippen LogP contribution in [-0.4, -0.2) is 35.6 Å². The Morgan fingerprint density at radius 2 is 2.11 bits per heavy atom. The van der Waals surface area contributed by atoms with Gasteiger partial charge in [0.2, 0.25) is 0 Å². The zero-order chi connectivity index (χ0) is 13.7. The molecule has 1 aliphatic rings. The third-order valence-electron chi connectivity index (χ3n) is 4.42. The Labute approximate surface area is 117 Å². The molecule has 19 heavy (non-hydrogen) atoms.